The van der Waals surface area contributed by atoms with E-state index in [0.717, 1.165) is 18.4 Å². The number of aryl methyl sites for hydroxylation is 1. The normalized spacial score (nSPS) is 17.4. The van der Waals surface area contributed by atoms with Crippen molar-refractivity contribution in [2.45, 2.75) is 45.1 Å². The molecule has 1 aliphatic carbocycles. The van der Waals surface area contributed by atoms with E-state index in [4.69, 9.17) is 18.0 Å². The number of carbonyl (C=O) groups is 1. The Bertz CT molecular complexity index is 478. The van der Waals surface area contributed by atoms with E-state index >= 15 is 0 Å². The number of nitrogens with one attached hydrogen (secondary N) is 1. The van der Waals surface area contributed by atoms with Crippen LogP contribution < -0.4 is 11.1 Å². The molecule has 3 N–H and O–H groups in total. The third-order valence-electron chi connectivity index (χ3n) is 4.03. The fraction of sp³-hybridized carbons (Fsp3) is 0.500. The van der Waals surface area contributed by atoms with Crippen LogP contribution >= 0.6 is 12.2 Å². The number of nitrogens with two attached hydrogens (primary N) is 1. The van der Waals surface area contributed by atoms with Crippen LogP contribution in [-0.4, -0.2) is 16.9 Å². The van der Waals surface area contributed by atoms with Gasteiger partial charge in [0.15, 0.2) is 0 Å². The zero-order valence-electron chi connectivity index (χ0n) is 11.9. The minimum absolute atomic E-state index is 0.0895. The first-order valence-corrected chi connectivity index (χ1v) is 7.65. The highest BCUT2D eigenvalue weighted by Crippen LogP contribution is 2.26. The van der Waals surface area contributed by atoms with E-state index in [1.807, 2.05) is 31.2 Å². The molecule has 0 bridgehead atoms. The van der Waals surface area contributed by atoms with E-state index in [-0.39, 0.29) is 11.9 Å². The first-order valence-electron chi connectivity index (χ1n) is 7.25. The molecule has 0 heterocycles. The maximum absolute atomic E-state index is 12.3. The summed E-state index contributed by atoms with van der Waals surface area (Å²) in [6.07, 6.45) is 5.85. The summed E-state index contributed by atoms with van der Waals surface area (Å²) in [5.74, 6) is 0.295. The second kappa shape index (κ2) is 6.84. The molecule has 0 radical (unpaired) electrons. The Morgan fingerprint density at radius 1 is 1.25 bits per heavy atom. The van der Waals surface area contributed by atoms with Gasteiger partial charge in [0.2, 0.25) is 0 Å². The Morgan fingerprint density at radius 3 is 2.40 bits per heavy atom. The molecule has 1 unspecified atom stereocenters. The van der Waals surface area contributed by atoms with Crippen LogP contribution in [0.2, 0.25) is 0 Å². The van der Waals surface area contributed by atoms with Crippen molar-refractivity contribution in [3.05, 3.63) is 35.4 Å². The van der Waals surface area contributed by atoms with E-state index in [1.165, 1.54) is 19.3 Å². The predicted octanol–water partition coefficient (Wildman–Crippen LogP) is 2.96. The summed E-state index contributed by atoms with van der Waals surface area (Å²) in [7, 11) is 0. The van der Waals surface area contributed by atoms with Crippen molar-refractivity contribution in [3.8, 4) is 0 Å². The van der Waals surface area contributed by atoms with Crippen molar-refractivity contribution in [3.63, 3.8) is 0 Å². The molecule has 1 amide bonds. The summed E-state index contributed by atoms with van der Waals surface area (Å²) in [6.45, 7) is 2.00. The van der Waals surface area contributed by atoms with Crippen LogP contribution in [0.25, 0.3) is 0 Å². The Kier molecular flexibility index (Phi) is 5.12. The monoisotopic (exact) mass is 290 g/mol. The van der Waals surface area contributed by atoms with Crippen LogP contribution in [0, 0.1) is 12.8 Å². The van der Waals surface area contributed by atoms with Gasteiger partial charge >= 0.3 is 0 Å². The third kappa shape index (κ3) is 3.79. The maximum Gasteiger partial charge on any atom is 0.251 e. The summed E-state index contributed by atoms with van der Waals surface area (Å²) >= 11 is 5.15. The largest absolute Gasteiger partial charge is 0.392 e. The average Bonchev–Trinajstić information content (AvgIpc) is 2.46. The molecule has 0 aromatic heterocycles. The van der Waals surface area contributed by atoms with Gasteiger partial charge in [0.1, 0.15) is 0 Å². The van der Waals surface area contributed by atoms with Gasteiger partial charge in [-0.1, -0.05) is 49.2 Å². The topological polar surface area (TPSA) is 55.1 Å². The zero-order chi connectivity index (χ0) is 14.5. The van der Waals surface area contributed by atoms with Crippen LogP contribution in [0.1, 0.15) is 48.0 Å². The van der Waals surface area contributed by atoms with E-state index in [1.54, 1.807) is 0 Å². The quantitative estimate of drug-likeness (QED) is 0.838. The lowest BCUT2D eigenvalue weighted by atomic mass is 9.83. The predicted molar refractivity (Wildman–Crippen MR) is 85.8 cm³/mol. The molecule has 0 saturated heterocycles. The molecule has 4 heteroatoms. The number of amides is 1. The van der Waals surface area contributed by atoms with Gasteiger partial charge in [0.25, 0.3) is 5.91 Å². The van der Waals surface area contributed by atoms with Crippen molar-refractivity contribution in [2.75, 3.05) is 0 Å². The van der Waals surface area contributed by atoms with Gasteiger partial charge in [0.05, 0.1) is 11.0 Å². The Balaban J connectivity index is 2.05. The van der Waals surface area contributed by atoms with Gasteiger partial charge < -0.3 is 11.1 Å². The van der Waals surface area contributed by atoms with Gasteiger partial charge in [-0.05, 0) is 37.8 Å². The molecule has 0 aliphatic heterocycles. The number of rotatable bonds is 4. The molecule has 20 heavy (non-hydrogen) atoms. The molecule has 3 nitrogen and oxygen atoms in total. The number of carbonyl (C=O) groups excluding carboxylic acids is 1. The number of thiocarbonyl (C=S) groups is 1. The molecule has 0 spiro atoms. The first-order chi connectivity index (χ1) is 9.58. The number of hydrogen-bond donors (Lipinski definition) is 2. The van der Waals surface area contributed by atoms with Crippen LogP contribution in [0.15, 0.2) is 24.3 Å². The van der Waals surface area contributed by atoms with Crippen molar-refractivity contribution in [1.82, 2.24) is 5.32 Å². The van der Waals surface area contributed by atoms with Gasteiger partial charge in [0, 0.05) is 5.56 Å². The van der Waals surface area contributed by atoms with Crippen LogP contribution in [0.5, 0.6) is 0 Å². The Hall–Kier alpha value is -1.42. The van der Waals surface area contributed by atoms with Crippen molar-refractivity contribution in [2.24, 2.45) is 11.7 Å². The fourth-order valence-electron chi connectivity index (χ4n) is 2.82. The standard InChI is InChI=1S/C16H22N2OS/c1-11-7-9-13(10-8-11)16(19)18-14(15(17)20)12-5-3-2-4-6-12/h7-10,12,14H,2-6H2,1H3,(H2,17,20)(H,18,19). The molecule has 1 fully saturated rings. The lowest BCUT2D eigenvalue weighted by Crippen LogP contribution is -2.48. The molecule has 1 aromatic carbocycles. The van der Waals surface area contributed by atoms with Crippen molar-refractivity contribution in [1.29, 1.82) is 0 Å². The minimum atomic E-state index is -0.181. The van der Waals surface area contributed by atoms with Gasteiger partial charge in [-0.3, -0.25) is 4.79 Å². The maximum atomic E-state index is 12.3. The lowest BCUT2D eigenvalue weighted by Gasteiger charge is -2.30. The summed E-state index contributed by atoms with van der Waals surface area (Å²) in [5, 5.41) is 3.02. The lowest BCUT2D eigenvalue weighted by molar-refractivity contribution is 0.0932. The Labute approximate surface area is 125 Å². The van der Waals surface area contributed by atoms with Gasteiger partial charge in [-0.15, -0.1) is 0 Å². The average molecular weight is 290 g/mol. The summed E-state index contributed by atoms with van der Waals surface area (Å²) < 4.78 is 0. The first kappa shape index (κ1) is 15.0. The molecule has 1 aromatic rings. The van der Waals surface area contributed by atoms with Crippen molar-refractivity contribution < 1.29 is 4.79 Å². The van der Waals surface area contributed by atoms with Crippen LogP contribution in [0.3, 0.4) is 0 Å². The second-order valence-electron chi connectivity index (χ2n) is 5.62. The second-order valence-corrected chi connectivity index (χ2v) is 6.09. The van der Waals surface area contributed by atoms with Gasteiger partial charge in [-0.25, -0.2) is 0 Å². The smallest absolute Gasteiger partial charge is 0.251 e. The van der Waals surface area contributed by atoms with Gasteiger partial charge in [-0.2, -0.15) is 0 Å². The molecular formula is C16H22N2OS. The Morgan fingerprint density at radius 2 is 1.85 bits per heavy atom. The highest BCUT2D eigenvalue weighted by atomic mass is 32.1. The molecule has 1 atom stereocenters. The molecule has 2 rings (SSSR count). The summed E-state index contributed by atoms with van der Waals surface area (Å²) in [4.78, 5) is 12.7. The minimum Gasteiger partial charge on any atom is -0.392 e. The van der Waals surface area contributed by atoms with Crippen LogP contribution in [-0.2, 0) is 0 Å². The summed E-state index contributed by atoms with van der Waals surface area (Å²) in [5.41, 5.74) is 7.63. The van der Waals surface area contributed by atoms with E-state index in [2.05, 4.69) is 5.32 Å². The highest BCUT2D eigenvalue weighted by Gasteiger charge is 2.27. The third-order valence-corrected chi connectivity index (χ3v) is 4.28. The van der Waals surface area contributed by atoms with E-state index in [9.17, 15) is 4.79 Å². The van der Waals surface area contributed by atoms with Crippen molar-refractivity contribution >= 4 is 23.1 Å². The van der Waals surface area contributed by atoms with Crippen LogP contribution in [0.4, 0.5) is 0 Å². The molecule has 108 valence electrons. The molecular weight excluding hydrogens is 268 g/mol. The van der Waals surface area contributed by atoms with E-state index in [0.29, 0.717) is 16.5 Å². The number of benzene rings is 1. The summed E-state index contributed by atoms with van der Waals surface area (Å²) in [6, 6.07) is 7.36. The van der Waals surface area contributed by atoms with E-state index < -0.39 is 0 Å². The molecule has 1 saturated carbocycles. The highest BCUT2D eigenvalue weighted by molar-refractivity contribution is 7.80. The zero-order valence-corrected chi connectivity index (χ0v) is 12.7. The number of hydrogen-bond acceptors (Lipinski definition) is 2. The fourth-order valence-corrected chi connectivity index (χ4v) is 3.07. The molecule has 1 aliphatic rings. The SMILES string of the molecule is Cc1ccc(C(=O)NC(C(N)=S)C2CCCCC2)cc1.